The Morgan fingerprint density at radius 2 is 1.63 bits per heavy atom. The highest BCUT2D eigenvalue weighted by molar-refractivity contribution is 6.33. The van der Waals surface area contributed by atoms with Crippen molar-refractivity contribution in [3.05, 3.63) is 67.6 Å². The molecule has 0 N–H and O–H groups in total. The Morgan fingerprint density at radius 1 is 1.03 bits per heavy atom. The molecule has 10 heteroatoms. The largest absolute Gasteiger partial charge is 0.362 e. The second kappa shape index (κ2) is 7.49. The highest BCUT2D eigenvalue weighted by Gasteiger charge is 2.28. The Hall–Kier alpha value is -3.33. The zero-order valence-corrected chi connectivity index (χ0v) is 17.3. The van der Waals surface area contributed by atoms with Crippen LogP contribution in [-0.4, -0.2) is 51.0 Å². The monoisotopic (exact) mass is 429 g/mol. The van der Waals surface area contributed by atoms with E-state index >= 15 is 0 Å². The number of anilines is 1. The van der Waals surface area contributed by atoms with E-state index in [0.29, 0.717) is 53.5 Å². The molecule has 0 saturated carbocycles. The quantitative estimate of drug-likeness (QED) is 0.470. The van der Waals surface area contributed by atoms with Crippen molar-refractivity contribution >= 4 is 39.9 Å². The second-order valence-corrected chi connectivity index (χ2v) is 7.65. The van der Waals surface area contributed by atoms with Crippen LogP contribution in [0.1, 0.15) is 10.4 Å². The molecule has 1 saturated heterocycles. The number of aromatic nitrogens is 2. The molecule has 2 heterocycles. The third kappa shape index (κ3) is 3.21. The number of fused-ring (bicyclic) bond motifs is 1. The Morgan fingerprint density at radius 3 is 2.23 bits per heavy atom. The van der Waals surface area contributed by atoms with Gasteiger partial charge in [0.25, 0.3) is 11.6 Å². The Bertz CT molecular complexity index is 1220. The van der Waals surface area contributed by atoms with E-state index < -0.39 is 4.92 Å². The predicted octanol–water partition coefficient (Wildman–Crippen LogP) is 2.40. The molecule has 2 aromatic carbocycles. The van der Waals surface area contributed by atoms with E-state index in [-0.39, 0.29) is 17.3 Å². The van der Waals surface area contributed by atoms with Crippen LogP contribution in [-0.2, 0) is 14.1 Å². The first-order chi connectivity index (χ1) is 14.3. The zero-order valence-electron chi connectivity index (χ0n) is 16.5. The van der Waals surface area contributed by atoms with Crippen LogP contribution in [0.3, 0.4) is 0 Å². The topological polar surface area (TPSA) is 93.6 Å². The standard InChI is InChI=1S/C20H20ClN5O4/c1-22-15-11-17(18(26(29)30)12-16(15)23(2)20(22)28)24-7-9-25(10-8-24)19(27)13-5-3-4-6-14(13)21/h3-6,11-12H,7-10H2,1-2H3. The Balaban J connectivity index is 1.63. The maximum atomic E-state index is 12.8. The molecule has 1 aliphatic heterocycles. The van der Waals surface area contributed by atoms with Crippen LogP contribution in [0.5, 0.6) is 0 Å². The molecule has 0 aliphatic carbocycles. The number of nitro groups is 1. The molecule has 3 aromatic rings. The first-order valence-corrected chi connectivity index (χ1v) is 9.80. The number of hydrogen-bond acceptors (Lipinski definition) is 5. The molecular weight excluding hydrogens is 410 g/mol. The van der Waals surface area contributed by atoms with Gasteiger partial charge in [0.2, 0.25) is 0 Å². The molecule has 1 aliphatic rings. The molecule has 1 aromatic heterocycles. The predicted molar refractivity (Wildman–Crippen MR) is 114 cm³/mol. The molecule has 0 atom stereocenters. The van der Waals surface area contributed by atoms with Crippen molar-refractivity contribution in [2.75, 3.05) is 31.1 Å². The van der Waals surface area contributed by atoms with Gasteiger partial charge < -0.3 is 9.80 Å². The molecule has 4 rings (SSSR count). The lowest BCUT2D eigenvalue weighted by Gasteiger charge is -2.36. The van der Waals surface area contributed by atoms with Gasteiger partial charge in [0.15, 0.2) is 0 Å². The SMILES string of the molecule is Cn1c(=O)n(C)c2cc([N+](=O)[O-])c(N3CCN(C(=O)c4ccccc4Cl)CC3)cc21. The van der Waals surface area contributed by atoms with Gasteiger partial charge >= 0.3 is 5.69 Å². The molecule has 0 spiro atoms. The highest BCUT2D eigenvalue weighted by atomic mass is 35.5. The zero-order chi connectivity index (χ0) is 21.6. The number of piperazine rings is 1. The van der Waals surface area contributed by atoms with Gasteiger partial charge in [-0.3, -0.25) is 24.0 Å². The third-order valence-electron chi connectivity index (χ3n) is 5.58. The first kappa shape index (κ1) is 20.0. The number of nitro benzene ring substituents is 1. The van der Waals surface area contributed by atoms with Crippen molar-refractivity contribution in [3.8, 4) is 0 Å². The minimum absolute atomic E-state index is 0.0606. The van der Waals surface area contributed by atoms with Crippen LogP contribution < -0.4 is 10.6 Å². The summed E-state index contributed by atoms with van der Waals surface area (Å²) in [6, 6.07) is 10.0. The smallest absolute Gasteiger partial charge is 0.328 e. The van der Waals surface area contributed by atoms with Crippen molar-refractivity contribution < 1.29 is 9.72 Å². The van der Waals surface area contributed by atoms with Gasteiger partial charge in [-0.15, -0.1) is 0 Å². The number of benzene rings is 2. The van der Waals surface area contributed by atoms with Crippen molar-refractivity contribution in [1.82, 2.24) is 14.0 Å². The van der Waals surface area contributed by atoms with E-state index in [4.69, 9.17) is 11.6 Å². The molecular formula is C20H20ClN5O4. The maximum Gasteiger partial charge on any atom is 0.328 e. The molecule has 0 radical (unpaired) electrons. The number of amides is 1. The van der Waals surface area contributed by atoms with E-state index in [1.807, 2.05) is 4.90 Å². The summed E-state index contributed by atoms with van der Waals surface area (Å²) in [6.07, 6.45) is 0. The summed E-state index contributed by atoms with van der Waals surface area (Å²) >= 11 is 6.14. The average molecular weight is 430 g/mol. The summed E-state index contributed by atoms with van der Waals surface area (Å²) < 4.78 is 2.87. The van der Waals surface area contributed by atoms with Gasteiger partial charge in [-0.1, -0.05) is 23.7 Å². The van der Waals surface area contributed by atoms with Crippen molar-refractivity contribution in [1.29, 1.82) is 0 Å². The summed E-state index contributed by atoms with van der Waals surface area (Å²) in [7, 11) is 3.23. The molecule has 0 unspecified atom stereocenters. The van der Waals surface area contributed by atoms with E-state index in [9.17, 15) is 19.7 Å². The van der Waals surface area contributed by atoms with Crippen LogP contribution in [0.2, 0.25) is 5.02 Å². The Kier molecular flexibility index (Phi) is 4.98. The molecule has 1 amide bonds. The van der Waals surface area contributed by atoms with Gasteiger partial charge in [-0.05, 0) is 18.2 Å². The fraction of sp³-hybridized carbons (Fsp3) is 0.300. The van der Waals surface area contributed by atoms with Gasteiger partial charge in [-0.2, -0.15) is 0 Å². The van der Waals surface area contributed by atoms with Crippen LogP contribution in [0, 0.1) is 10.1 Å². The highest BCUT2D eigenvalue weighted by Crippen LogP contribution is 2.33. The second-order valence-electron chi connectivity index (χ2n) is 7.25. The normalized spacial score (nSPS) is 14.4. The van der Waals surface area contributed by atoms with Crippen molar-refractivity contribution in [2.24, 2.45) is 14.1 Å². The lowest BCUT2D eigenvalue weighted by Crippen LogP contribution is -2.49. The number of rotatable bonds is 3. The summed E-state index contributed by atoms with van der Waals surface area (Å²) in [5.41, 5.74) is 1.71. The van der Waals surface area contributed by atoms with E-state index in [2.05, 4.69) is 0 Å². The van der Waals surface area contributed by atoms with Crippen molar-refractivity contribution in [2.45, 2.75) is 0 Å². The number of carbonyl (C=O) groups is 1. The first-order valence-electron chi connectivity index (χ1n) is 9.42. The van der Waals surface area contributed by atoms with Crippen molar-refractivity contribution in [3.63, 3.8) is 0 Å². The average Bonchev–Trinajstić information content (AvgIpc) is 2.96. The Labute approximate surface area is 176 Å². The number of hydrogen-bond donors (Lipinski definition) is 0. The summed E-state index contributed by atoms with van der Waals surface area (Å²) in [5.74, 6) is -0.157. The number of carbonyl (C=O) groups excluding carboxylic acids is 1. The molecule has 156 valence electrons. The lowest BCUT2D eigenvalue weighted by atomic mass is 10.1. The third-order valence-corrected chi connectivity index (χ3v) is 5.91. The van der Waals surface area contributed by atoms with Crippen LogP contribution in [0.25, 0.3) is 11.0 Å². The van der Waals surface area contributed by atoms with Gasteiger partial charge in [0.05, 0.1) is 26.5 Å². The molecule has 0 bridgehead atoms. The maximum absolute atomic E-state index is 12.8. The minimum atomic E-state index is -0.437. The lowest BCUT2D eigenvalue weighted by molar-refractivity contribution is -0.384. The van der Waals surface area contributed by atoms with Crippen LogP contribution >= 0.6 is 11.6 Å². The number of imidazole rings is 1. The molecule has 1 fully saturated rings. The van der Waals surface area contributed by atoms with Crippen LogP contribution in [0.4, 0.5) is 11.4 Å². The fourth-order valence-corrected chi connectivity index (χ4v) is 4.09. The summed E-state index contributed by atoms with van der Waals surface area (Å²) in [6.45, 7) is 1.69. The minimum Gasteiger partial charge on any atom is -0.362 e. The van der Waals surface area contributed by atoms with Crippen LogP contribution in [0.15, 0.2) is 41.2 Å². The van der Waals surface area contributed by atoms with Gasteiger partial charge in [-0.25, -0.2) is 4.79 Å². The number of aryl methyl sites for hydroxylation is 2. The number of halogens is 1. The van der Waals surface area contributed by atoms with E-state index in [0.717, 1.165) is 0 Å². The van der Waals surface area contributed by atoms with Gasteiger partial charge in [0.1, 0.15) is 5.69 Å². The van der Waals surface area contributed by atoms with E-state index in [1.165, 1.54) is 15.2 Å². The van der Waals surface area contributed by atoms with E-state index in [1.54, 1.807) is 49.3 Å². The number of nitrogens with zero attached hydrogens (tertiary/aromatic N) is 5. The molecule has 30 heavy (non-hydrogen) atoms. The van der Waals surface area contributed by atoms with Gasteiger partial charge in [0, 0.05) is 46.3 Å². The summed E-state index contributed by atoms with van der Waals surface area (Å²) in [5, 5.41) is 12.1. The summed E-state index contributed by atoms with van der Waals surface area (Å²) in [4.78, 5) is 39.8. The molecule has 9 nitrogen and oxygen atoms in total. The fourth-order valence-electron chi connectivity index (χ4n) is 3.88.